The quantitative estimate of drug-likeness (QED) is 0.846. The predicted octanol–water partition coefficient (Wildman–Crippen LogP) is 1.84. The first kappa shape index (κ1) is 11.2. The lowest BCUT2D eigenvalue weighted by molar-refractivity contribution is 0.0687. The molecule has 0 amide bonds. The van der Waals surface area contributed by atoms with Gasteiger partial charge in [-0.3, -0.25) is 0 Å². The van der Waals surface area contributed by atoms with Gasteiger partial charge in [-0.1, -0.05) is 25.1 Å². The molecule has 0 spiro atoms. The molecule has 0 aliphatic heterocycles. The Labute approximate surface area is 97.9 Å². The van der Waals surface area contributed by atoms with Crippen molar-refractivity contribution in [2.75, 3.05) is 0 Å². The van der Waals surface area contributed by atoms with Crippen molar-refractivity contribution in [3.8, 4) is 11.4 Å². The van der Waals surface area contributed by atoms with E-state index in [9.17, 15) is 9.90 Å². The molecule has 0 saturated carbocycles. The fourth-order valence-corrected chi connectivity index (χ4v) is 1.67. The molecule has 2 aromatic rings. The molecule has 0 aliphatic carbocycles. The van der Waals surface area contributed by atoms with E-state index in [0.717, 1.165) is 17.7 Å². The topological polar surface area (TPSA) is 75.4 Å². The summed E-state index contributed by atoms with van der Waals surface area (Å²) in [6, 6.07) is 7.52. The molecule has 17 heavy (non-hydrogen) atoms. The molecule has 0 radical (unpaired) electrons. The van der Waals surface area contributed by atoms with Crippen LogP contribution in [0.2, 0.25) is 0 Å². The zero-order chi connectivity index (χ0) is 12.4. The van der Waals surface area contributed by atoms with Gasteiger partial charge in [0.15, 0.2) is 5.75 Å². The molecular weight excluding hydrogens is 220 g/mol. The summed E-state index contributed by atoms with van der Waals surface area (Å²) in [6.45, 7) is 2.00. The summed E-state index contributed by atoms with van der Waals surface area (Å²) in [7, 11) is 0. The number of aromatic nitrogens is 2. The van der Waals surface area contributed by atoms with Crippen LogP contribution in [-0.2, 0) is 6.42 Å². The molecule has 0 unspecified atom stereocenters. The van der Waals surface area contributed by atoms with Gasteiger partial charge in [-0.25, -0.2) is 9.48 Å². The van der Waals surface area contributed by atoms with Crippen LogP contribution in [0.1, 0.15) is 23.0 Å². The highest BCUT2D eigenvalue weighted by molar-refractivity contribution is 5.88. The number of carboxylic acids is 1. The maximum Gasteiger partial charge on any atom is 0.360 e. The number of nitrogens with zero attached hydrogens (tertiary/aromatic N) is 2. The standard InChI is InChI=1S/C12H12N2O3/c1-2-8-5-3-4-6-9(8)14-7-10(15)11(13-14)12(16)17/h3-7,15H,2H2,1H3,(H,16,17). The lowest BCUT2D eigenvalue weighted by Crippen LogP contribution is -2.03. The van der Waals surface area contributed by atoms with Crippen molar-refractivity contribution in [1.82, 2.24) is 9.78 Å². The van der Waals surface area contributed by atoms with E-state index >= 15 is 0 Å². The summed E-state index contributed by atoms with van der Waals surface area (Å²) in [6.07, 6.45) is 2.11. The lowest BCUT2D eigenvalue weighted by atomic mass is 10.1. The minimum atomic E-state index is -1.24. The van der Waals surface area contributed by atoms with Gasteiger partial charge in [-0.2, -0.15) is 5.10 Å². The van der Waals surface area contributed by atoms with E-state index in [1.165, 1.54) is 10.9 Å². The summed E-state index contributed by atoms with van der Waals surface area (Å²) in [5.41, 5.74) is 1.47. The lowest BCUT2D eigenvalue weighted by Gasteiger charge is -2.06. The molecule has 1 aromatic heterocycles. The Hall–Kier alpha value is -2.30. The highest BCUT2D eigenvalue weighted by Crippen LogP contribution is 2.20. The normalized spacial score (nSPS) is 10.4. The SMILES string of the molecule is CCc1ccccc1-n1cc(O)c(C(=O)O)n1. The van der Waals surface area contributed by atoms with Crippen molar-refractivity contribution >= 4 is 5.97 Å². The first-order valence-corrected chi connectivity index (χ1v) is 5.23. The number of hydrogen-bond donors (Lipinski definition) is 2. The Balaban J connectivity index is 2.53. The highest BCUT2D eigenvalue weighted by atomic mass is 16.4. The average Bonchev–Trinajstić information content (AvgIpc) is 2.71. The van der Waals surface area contributed by atoms with E-state index in [1.807, 2.05) is 31.2 Å². The maximum absolute atomic E-state index is 10.8. The van der Waals surface area contributed by atoms with Crippen molar-refractivity contribution in [2.24, 2.45) is 0 Å². The summed E-state index contributed by atoms with van der Waals surface area (Å²) in [4.78, 5) is 10.8. The minimum Gasteiger partial charge on any atom is -0.504 e. The second-order valence-corrected chi connectivity index (χ2v) is 3.59. The molecule has 0 fully saturated rings. The van der Waals surface area contributed by atoms with Crippen LogP contribution in [-0.4, -0.2) is 26.0 Å². The first-order chi connectivity index (χ1) is 8.13. The average molecular weight is 232 g/mol. The Morgan fingerprint density at radius 1 is 1.41 bits per heavy atom. The van der Waals surface area contributed by atoms with E-state index < -0.39 is 5.97 Å². The molecule has 2 rings (SSSR count). The fourth-order valence-electron chi connectivity index (χ4n) is 1.67. The number of benzene rings is 1. The summed E-state index contributed by atoms with van der Waals surface area (Å²) in [5.74, 6) is -1.57. The number of aromatic carboxylic acids is 1. The first-order valence-electron chi connectivity index (χ1n) is 5.23. The van der Waals surface area contributed by atoms with Crippen LogP contribution in [0.25, 0.3) is 5.69 Å². The Morgan fingerprint density at radius 2 is 2.12 bits per heavy atom. The van der Waals surface area contributed by atoms with Crippen molar-refractivity contribution in [3.63, 3.8) is 0 Å². The minimum absolute atomic E-state index is 0.330. The molecule has 1 aromatic carbocycles. The number of aryl methyl sites for hydroxylation is 1. The van der Waals surface area contributed by atoms with Crippen LogP contribution >= 0.6 is 0 Å². The third kappa shape index (κ3) is 1.99. The number of para-hydroxylation sites is 1. The van der Waals surface area contributed by atoms with Gasteiger partial charge in [-0.05, 0) is 18.1 Å². The molecule has 0 saturated heterocycles. The van der Waals surface area contributed by atoms with E-state index in [4.69, 9.17) is 5.11 Å². The van der Waals surface area contributed by atoms with Gasteiger partial charge >= 0.3 is 5.97 Å². The summed E-state index contributed by atoms with van der Waals surface area (Å²) >= 11 is 0. The Bertz CT molecular complexity index is 561. The van der Waals surface area contributed by atoms with Gasteiger partial charge in [-0.15, -0.1) is 0 Å². The van der Waals surface area contributed by atoms with Gasteiger partial charge in [0.2, 0.25) is 5.69 Å². The Kier molecular flexibility index (Phi) is 2.82. The third-order valence-electron chi connectivity index (χ3n) is 2.52. The monoisotopic (exact) mass is 232 g/mol. The molecule has 0 bridgehead atoms. The number of hydrogen-bond acceptors (Lipinski definition) is 3. The van der Waals surface area contributed by atoms with E-state index in [1.54, 1.807) is 0 Å². The fraction of sp³-hybridized carbons (Fsp3) is 0.167. The largest absolute Gasteiger partial charge is 0.504 e. The highest BCUT2D eigenvalue weighted by Gasteiger charge is 2.16. The van der Waals surface area contributed by atoms with Crippen LogP contribution in [0.15, 0.2) is 30.5 Å². The molecule has 1 heterocycles. The zero-order valence-electron chi connectivity index (χ0n) is 9.29. The van der Waals surface area contributed by atoms with Crippen LogP contribution < -0.4 is 0 Å². The molecule has 0 aliphatic rings. The second-order valence-electron chi connectivity index (χ2n) is 3.59. The smallest absolute Gasteiger partial charge is 0.360 e. The second kappa shape index (κ2) is 4.29. The van der Waals surface area contributed by atoms with Gasteiger partial charge in [0.05, 0.1) is 11.9 Å². The molecule has 88 valence electrons. The van der Waals surface area contributed by atoms with Gasteiger partial charge in [0.25, 0.3) is 0 Å². The zero-order valence-corrected chi connectivity index (χ0v) is 9.29. The van der Waals surface area contributed by atoms with Crippen LogP contribution in [0.5, 0.6) is 5.75 Å². The van der Waals surface area contributed by atoms with Crippen LogP contribution in [0.4, 0.5) is 0 Å². The summed E-state index contributed by atoms with van der Waals surface area (Å²) in [5, 5.41) is 22.1. The number of aromatic hydroxyl groups is 1. The molecule has 0 atom stereocenters. The Morgan fingerprint density at radius 3 is 2.71 bits per heavy atom. The number of rotatable bonds is 3. The van der Waals surface area contributed by atoms with Crippen molar-refractivity contribution < 1.29 is 15.0 Å². The van der Waals surface area contributed by atoms with Crippen LogP contribution in [0.3, 0.4) is 0 Å². The van der Waals surface area contributed by atoms with E-state index in [0.29, 0.717) is 0 Å². The van der Waals surface area contributed by atoms with Gasteiger partial charge in [0, 0.05) is 0 Å². The van der Waals surface area contributed by atoms with Gasteiger partial charge in [0.1, 0.15) is 0 Å². The van der Waals surface area contributed by atoms with E-state index in [2.05, 4.69) is 5.10 Å². The molecular formula is C12H12N2O3. The predicted molar refractivity (Wildman–Crippen MR) is 61.6 cm³/mol. The maximum atomic E-state index is 10.8. The molecule has 2 N–H and O–H groups in total. The van der Waals surface area contributed by atoms with E-state index in [-0.39, 0.29) is 11.4 Å². The van der Waals surface area contributed by atoms with Crippen LogP contribution in [0, 0.1) is 0 Å². The van der Waals surface area contributed by atoms with Crippen molar-refractivity contribution in [2.45, 2.75) is 13.3 Å². The van der Waals surface area contributed by atoms with Gasteiger partial charge < -0.3 is 10.2 Å². The number of carbonyl (C=O) groups is 1. The van der Waals surface area contributed by atoms with Crippen molar-refractivity contribution in [3.05, 3.63) is 41.7 Å². The van der Waals surface area contributed by atoms with Crippen molar-refractivity contribution in [1.29, 1.82) is 0 Å². The molecule has 5 nitrogen and oxygen atoms in total. The number of carboxylic acid groups (broad SMARTS) is 1. The summed E-state index contributed by atoms with van der Waals surface area (Å²) < 4.78 is 1.39. The third-order valence-corrected chi connectivity index (χ3v) is 2.52. The molecule has 5 heteroatoms.